The van der Waals surface area contributed by atoms with Gasteiger partial charge in [-0.05, 0) is 24.1 Å². The Bertz CT molecular complexity index is 654. The molecule has 0 aliphatic carbocycles. The lowest BCUT2D eigenvalue weighted by atomic mass is 10.1. The topological polar surface area (TPSA) is 50.7 Å². The molecule has 0 spiro atoms. The van der Waals surface area contributed by atoms with Crippen LogP contribution in [-0.2, 0) is 5.75 Å². The number of amidine groups is 1. The summed E-state index contributed by atoms with van der Waals surface area (Å²) < 4.78 is 13.3. The van der Waals surface area contributed by atoms with E-state index in [2.05, 4.69) is 10.2 Å². The van der Waals surface area contributed by atoms with Crippen LogP contribution in [0.3, 0.4) is 0 Å². The maximum absolute atomic E-state index is 13.3. The van der Waals surface area contributed by atoms with Crippen LogP contribution in [0.15, 0.2) is 58.7 Å². The summed E-state index contributed by atoms with van der Waals surface area (Å²) >= 11 is 1.41. The monoisotopic (exact) mass is 301 g/mol. The molecular weight excluding hydrogens is 285 g/mol. The normalized spacial score (nSPS) is 12.0. The van der Waals surface area contributed by atoms with Gasteiger partial charge in [0.05, 0.1) is 6.21 Å². The minimum Gasteiger partial charge on any atom is -0.377 e. The molecule has 0 saturated carbocycles. The maximum Gasteiger partial charge on any atom is 0.180 e. The quantitative estimate of drug-likeness (QED) is 0.531. The van der Waals surface area contributed by atoms with Crippen LogP contribution in [0.25, 0.3) is 0 Å². The van der Waals surface area contributed by atoms with E-state index < -0.39 is 0 Å². The first-order valence-electron chi connectivity index (χ1n) is 6.45. The van der Waals surface area contributed by atoms with E-state index in [0.717, 1.165) is 5.75 Å². The first-order chi connectivity index (χ1) is 10.2. The molecule has 3 nitrogen and oxygen atoms in total. The average molecular weight is 301 g/mol. The summed E-state index contributed by atoms with van der Waals surface area (Å²) in [5.74, 6) is 0.486. The van der Waals surface area contributed by atoms with E-state index >= 15 is 0 Å². The van der Waals surface area contributed by atoms with Crippen molar-refractivity contribution >= 4 is 23.1 Å². The molecule has 0 aliphatic heterocycles. The minimum atomic E-state index is -0.255. The lowest BCUT2D eigenvalue weighted by Crippen LogP contribution is -2.06. The summed E-state index contributed by atoms with van der Waals surface area (Å²) in [4.78, 5) is 0. The predicted molar refractivity (Wildman–Crippen MR) is 88.1 cm³/mol. The van der Waals surface area contributed by atoms with Crippen LogP contribution in [0.5, 0.6) is 0 Å². The Kier molecular flexibility index (Phi) is 5.51. The number of nitrogens with zero attached hydrogens (tertiary/aromatic N) is 2. The van der Waals surface area contributed by atoms with Gasteiger partial charge in [-0.1, -0.05) is 54.2 Å². The van der Waals surface area contributed by atoms with Gasteiger partial charge in [0.15, 0.2) is 5.17 Å². The van der Waals surface area contributed by atoms with Crippen LogP contribution >= 0.6 is 11.8 Å². The highest BCUT2D eigenvalue weighted by atomic mass is 32.2. The fourth-order valence-corrected chi connectivity index (χ4v) is 2.28. The summed E-state index contributed by atoms with van der Waals surface area (Å²) in [6.45, 7) is 1.70. The van der Waals surface area contributed by atoms with Gasteiger partial charge in [0.2, 0.25) is 0 Å². The highest BCUT2D eigenvalue weighted by Crippen LogP contribution is 2.12. The Morgan fingerprint density at radius 3 is 2.71 bits per heavy atom. The van der Waals surface area contributed by atoms with Crippen LogP contribution in [0, 0.1) is 12.7 Å². The fraction of sp³-hybridized carbons (Fsp3) is 0.125. The summed E-state index contributed by atoms with van der Waals surface area (Å²) in [5.41, 5.74) is 8.19. The van der Waals surface area contributed by atoms with E-state index in [-0.39, 0.29) is 5.82 Å². The van der Waals surface area contributed by atoms with Crippen molar-refractivity contribution in [3.05, 3.63) is 71.0 Å². The molecule has 0 unspecified atom stereocenters. The molecule has 2 N–H and O–H groups in total. The second kappa shape index (κ2) is 7.59. The van der Waals surface area contributed by atoms with Gasteiger partial charge in [-0.15, -0.1) is 5.10 Å². The van der Waals surface area contributed by atoms with Gasteiger partial charge < -0.3 is 5.73 Å². The van der Waals surface area contributed by atoms with Crippen LogP contribution in [0.2, 0.25) is 0 Å². The molecule has 0 fully saturated rings. The highest BCUT2D eigenvalue weighted by Gasteiger charge is 2.00. The fourth-order valence-electron chi connectivity index (χ4n) is 1.67. The minimum absolute atomic E-state index is 0.255. The summed E-state index contributed by atoms with van der Waals surface area (Å²) in [7, 11) is 0. The average Bonchev–Trinajstić information content (AvgIpc) is 2.50. The molecule has 0 bridgehead atoms. The van der Waals surface area contributed by atoms with Crippen molar-refractivity contribution in [1.29, 1.82) is 0 Å². The molecule has 5 heteroatoms. The zero-order valence-electron chi connectivity index (χ0n) is 11.7. The lowest BCUT2D eigenvalue weighted by molar-refractivity contribution is 0.618. The number of hydrogen-bond donors (Lipinski definition) is 1. The zero-order valence-corrected chi connectivity index (χ0v) is 12.5. The predicted octanol–water partition coefficient (Wildman–Crippen LogP) is 3.72. The number of rotatable bonds is 4. The molecule has 2 aromatic carbocycles. The zero-order chi connectivity index (χ0) is 15.1. The number of hydrogen-bond acceptors (Lipinski definition) is 3. The third-order valence-electron chi connectivity index (χ3n) is 2.89. The number of halogens is 1. The van der Waals surface area contributed by atoms with Gasteiger partial charge in [-0.3, -0.25) is 0 Å². The van der Waals surface area contributed by atoms with Crippen LogP contribution in [0.1, 0.15) is 16.7 Å². The Labute approximate surface area is 127 Å². The molecule has 0 aromatic heterocycles. The van der Waals surface area contributed by atoms with Gasteiger partial charge in [-0.25, -0.2) is 4.39 Å². The van der Waals surface area contributed by atoms with Gasteiger partial charge in [-0.2, -0.15) is 5.10 Å². The summed E-state index contributed by atoms with van der Waals surface area (Å²) in [5, 5.41) is 8.19. The van der Waals surface area contributed by atoms with E-state index in [1.807, 2.05) is 30.3 Å². The van der Waals surface area contributed by atoms with Crippen molar-refractivity contribution in [2.24, 2.45) is 15.9 Å². The van der Waals surface area contributed by atoms with E-state index in [0.29, 0.717) is 16.3 Å². The van der Waals surface area contributed by atoms with Crippen molar-refractivity contribution < 1.29 is 4.39 Å². The molecule has 108 valence electrons. The maximum atomic E-state index is 13.3. The van der Waals surface area contributed by atoms with E-state index in [1.54, 1.807) is 19.1 Å². The van der Waals surface area contributed by atoms with Crippen molar-refractivity contribution in [2.45, 2.75) is 12.7 Å². The Morgan fingerprint density at radius 2 is 1.95 bits per heavy atom. The molecule has 0 radical (unpaired) electrons. The molecule has 0 aliphatic rings. The Hall–Kier alpha value is -2.14. The summed E-state index contributed by atoms with van der Waals surface area (Å²) in [6.07, 6.45) is 1.51. The number of nitrogens with two attached hydrogens (primary N) is 1. The van der Waals surface area contributed by atoms with Crippen molar-refractivity contribution in [3.63, 3.8) is 0 Å². The molecular formula is C16H16FN3S. The van der Waals surface area contributed by atoms with Crippen LogP contribution in [0.4, 0.5) is 4.39 Å². The smallest absolute Gasteiger partial charge is 0.180 e. The third-order valence-corrected chi connectivity index (χ3v) is 3.75. The van der Waals surface area contributed by atoms with Crippen molar-refractivity contribution in [1.82, 2.24) is 0 Å². The Balaban J connectivity index is 1.94. The lowest BCUT2D eigenvalue weighted by Gasteiger charge is -2.00. The first-order valence-corrected chi connectivity index (χ1v) is 7.43. The Morgan fingerprint density at radius 1 is 1.19 bits per heavy atom. The van der Waals surface area contributed by atoms with Crippen molar-refractivity contribution in [2.75, 3.05) is 0 Å². The van der Waals surface area contributed by atoms with Gasteiger partial charge >= 0.3 is 0 Å². The SMILES string of the molecule is Cc1c(F)cccc1C=NN=C(N)SCc1ccccc1. The van der Waals surface area contributed by atoms with Gasteiger partial charge in [0, 0.05) is 11.3 Å². The van der Waals surface area contributed by atoms with Crippen LogP contribution < -0.4 is 5.73 Å². The van der Waals surface area contributed by atoms with Gasteiger partial charge in [0.25, 0.3) is 0 Å². The third kappa shape index (κ3) is 4.72. The number of benzene rings is 2. The second-order valence-electron chi connectivity index (χ2n) is 4.41. The second-order valence-corrected chi connectivity index (χ2v) is 5.41. The number of thioether (sulfide) groups is 1. The standard InChI is InChI=1S/C16H16FN3S/c1-12-14(8-5-9-15(12)17)10-19-20-16(18)21-11-13-6-3-2-4-7-13/h2-10H,11H2,1H3,(H2,18,20). The molecule has 0 atom stereocenters. The first kappa shape index (κ1) is 15.3. The van der Waals surface area contributed by atoms with Gasteiger partial charge in [0.1, 0.15) is 5.82 Å². The van der Waals surface area contributed by atoms with Crippen molar-refractivity contribution in [3.8, 4) is 0 Å². The largest absolute Gasteiger partial charge is 0.377 e. The molecule has 2 aromatic rings. The molecule has 0 amide bonds. The van der Waals surface area contributed by atoms with E-state index in [9.17, 15) is 4.39 Å². The van der Waals surface area contributed by atoms with E-state index in [1.165, 1.54) is 29.6 Å². The molecule has 2 rings (SSSR count). The molecule has 0 heterocycles. The van der Waals surface area contributed by atoms with Crippen LogP contribution in [-0.4, -0.2) is 11.4 Å². The summed E-state index contributed by atoms with van der Waals surface area (Å²) in [6, 6.07) is 14.8. The van der Waals surface area contributed by atoms with E-state index in [4.69, 9.17) is 5.73 Å². The molecule has 0 saturated heterocycles. The highest BCUT2D eigenvalue weighted by molar-refractivity contribution is 8.13. The molecule has 21 heavy (non-hydrogen) atoms.